The number of rotatable bonds is 8. The molecule has 0 aliphatic heterocycles. The minimum absolute atomic E-state index is 0.000202. The molecule has 0 saturated heterocycles. The second-order valence-electron chi connectivity index (χ2n) is 6.77. The molecule has 5 unspecified atom stereocenters. The lowest BCUT2D eigenvalue weighted by atomic mass is 9.80. The van der Waals surface area contributed by atoms with Crippen molar-refractivity contribution >= 4 is 11.9 Å². The van der Waals surface area contributed by atoms with Crippen LogP contribution in [0.2, 0.25) is 0 Å². The van der Waals surface area contributed by atoms with Crippen LogP contribution in [0.1, 0.15) is 59.3 Å². The second kappa shape index (κ2) is 7.30. The number of esters is 1. The molecule has 5 atom stereocenters. The van der Waals surface area contributed by atoms with Crippen molar-refractivity contribution in [2.75, 3.05) is 0 Å². The molecule has 2 aliphatic carbocycles. The Morgan fingerprint density at radius 2 is 2.05 bits per heavy atom. The molecule has 4 nitrogen and oxygen atoms in total. The summed E-state index contributed by atoms with van der Waals surface area (Å²) in [5.41, 5.74) is 1.16. The highest BCUT2D eigenvalue weighted by atomic mass is 16.5. The van der Waals surface area contributed by atoms with Crippen LogP contribution in [0, 0.1) is 23.7 Å². The molecule has 124 valence electrons. The molecule has 22 heavy (non-hydrogen) atoms. The van der Waals surface area contributed by atoms with Gasteiger partial charge in [-0.25, -0.2) is 0 Å². The number of allylic oxidation sites excluding steroid dienone is 2. The van der Waals surface area contributed by atoms with E-state index in [1.54, 1.807) is 0 Å². The van der Waals surface area contributed by atoms with Crippen molar-refractivity contribution in [1.29, 1.82) is 0 Å². The largest absolute Gasteiger partial charge is 0.481 e. The van der Waals surface area contributed by atoms with Crippen molar-refractivity contribution in [1.82, 2.24) is 0 Å². The van der Waals surface area contributed by atoms with Gasteiger partial charge in [0, 0.05) is 0 Å². The van der Waals surface area contributed by atoms with Gasteiger partial charge in [-0.05, 0) is 44.4 Å². The van der Waals surface area contributed by atoms with Gasteiger partial charge in [-0.1, -0.05) is 38.3 Å². The van der Waals surface area contributed by atoms with Crippen molar-refractivity contribution in [2.24, 2.45) is 23.7 Å². The lowest BCUT2D eigenvalue weighted by Crippen LogP contribution is -2.36. The fraction of sp³-hybridized carbons (Fsp3) is 0.778. The van der Waals surface area contributed by atoms with E-state index in [1.807, 2.05) is 19.9 Å². The number of hydrogen-bond acceptors (Lipinski definition) is 3. The van der Waals surface area contributed by atoms with E-state index in [0.717, 1.165) is 44.1 Å². The van der Waals surface area contributed by atoms with Crippen LogP contribution in [0.3, 0.4) is 0 Å². The predicted octanol–water partition coefficient (Wildman–Crippen LogP) is 3.80. The van der Waals surface area contributed by atoms with Crippen LogP contribution in [0.25, 0.3) is 0 Å². The van der Waals surface area contributed by atoms with Crippen molar-refractivity contribution in [3.63, 3.8) is 0 Å². The van der Waals surface area contributed by atoms with Crippen molar-refractivity contribution in [2.45, 2.75) is 65.4 Å². The van der Waals surface area contributed by atoms with E-state index in [0.29, 0.717) is 0 Å². The van der Waals surface area contributed by atoms with Crippen LogP contribution in [-0.2, 0) is 14.3 Å². The van der Waals surface area contributed by atoms with Crippen LogP contribution in [0.5, 0.6) is 0 Å². The first kappa shape index (κ1) is 17.0. The molecule has 1 saturated carbocycles. The zero-order chi connectivity index (χ0) is 16.3. The molecule has 0 aromatic rings. The number of carboxylic acids is 1. The smallest absolute Gasteiger partial charge is 0.310 e. The average Bonchev–Trinajstić information content (AvgIpc) is 3.02. The van der Waals surface area contributed by atoms with Crippen LogP contribution in [0.4, 0.5) is 0 Å². The zero-order valence-electron chi connectivity index (χ0n) is 13.9. The van der Waals surface area contributed by atoms with Gasteiger partial charge >= 0.3 is 11.9 Å². The van der Waals surface area contributed by atoms with Gasteiger partial charge in [0.25, 0.3) is 0 Å². The molecule has 0 aromatic heterocycles. The Kier molecular flexibility index (Phi) is 5.65. The molecule has 0 heterocycles. The summed E-state index contributed by atoms with van der Waals surface area (Å²) in [5.74, 6) is -2.19. The van der Waals surface area contributed by atoms with E-state index >= 15 is 0 Å². The summed E-state index contributed by atoms with van der Waals surface area (Å²) >= 11 is 0. The van der Waals surface area contributed by atoms with Gasteiger partial charge < -0.3 is 9.84 Å². The summed E-state index contributed by atoms with van der Waals surface area (Å²) in [5, 5.41) is 9.47. The van der Waals surface area contributed by atoms with Crippen LogP contribution < -0.4 is 0 Å². The number of carbonyl (C=O) groups is 2. The highest BCUT2D eigenvalue weighted by Gasteiger charge is 2.54. The fourth-order valence-corrected chi connectivity index (χ4v) is 4.06. The number of carbonyl (C=O) groups excluding carboxylic acids is 1. The number of carboxylic acid groups (broad SMARTS) is 1. The van der Waals surface area contributed by atoms with Gasteiger partial charge in [-0.15, -0.1) is 0 Å². The quantitative estimate of drug-likeness (QED) is 0.421. The Bertz CT molecular complexity index is 454. The molecule has 1 N–H and O–H groups in total. The van der Waals surface area contributed by atoms with Crippen molar-refractivity contribution in [3.05, 3.63) is 11.6 Å². The Morgan fingerprint density at radius 1 is 1.32 bits per heavy atom. The Balaban J connectivity index is 2.01. The number of fused-ring (bicyclic) bond motifs is 2. The first-order valence-electron chi connectivity index (χ1n) is 8.61. The first-order chi connectivity index (χ1) is 10.5. The lowest BCUT2D eigenvalue weighted by molar-refractivity contribution is -0.163. The third kappa shape index (κ3) is 3.36. The van der Waals surface area contributed by atoms with Crippen LogP contribution >= 0.6 is 0 Å². The molecule has 2 aliphatic rings. The van der Waals surface area contributed by atoms with Crippen molar-refractivity contribution < 1.29 is 19.4 Å². The highest BCUT2D eigenvalue weighted by molar-refractivity contribution is 5.84. The topological polar surface area (TPSA) is 63.6 Å². The Morgan fingerprint density at radius 3 is 2.64 bits per heavy atom. The summed E-state index contributed by atoms with van der Waals surface area (Å²) in [7, 11) is 0. The summed E-state index contributed by atoms with van der Waals surface area (Å²) in [6.45, 7) is 6.17. The van der Waals surface area contributed by atoms with Crippen molar-refractivity contribution in [3.8, 4) is 0 Å². The van der Waals surface area contributed by atoms with E-state index in [9.17, 15) is 14.7 Å². The zero-order valence-corrected chi connectivity index (χ0v) is 13.9. The maximum atomic E-state index is 12.6. The molecule has 2 bridgehead atoms. The Labute approximate surface area is 132 Å². The minimum atomic E-state index is -0.864. The van der Waals surface area contributed by atoms with E-state index in [4.69, 9.17) is 4.74 Å². The molecular formula is C18H28O4. The van der Waals surface area contributed by atoms with E-state index < -0.39 is 17.8 Å². The third-order valence-electron chi connectivity index (χ3n) is 5.29. The van der Waals surface area contributed by atoms with Gasteiger partial charge in [0.1, 0.15) is 6.10 Å². The maximum Gasteiger partial charge on any atom is 0.310 e. The average molecular weight is 308 g/mol. The summed E-state index contributed by atoms with van der Waals surface area (Å²) in [6, 6.07) is 0. The van der Waals surface area contributed by atoms with Crippen LogP contribution in [-0.4, -0.2) is 23.1 Å². The molecular weight excluding hydrogens is 280 g/mol. The van der Waals surface area contributed by atoms with Gasteiger partial charge in [-0.2, -0.15) is 0 Å². The molecule has 1 fully saturated rings. The fourth-order valence-electron chi connectivity index (χ4n) is 4.06. The van der Waals surface area contributed by atoms with E-state index in [1.165, 1.54) is 0 Å². The summed E-state index contributed by atoms with van der Waals surface area (Å²) in [4.78, 5) is 24.1. The first-order valence-corrected chi connectivity index (χ1v) is 8.61. The predicted molar refractivity (Wildman–Crippen MR) is 84.3 cm³/mol. The molecule has 0 spiro atoms. The van der Waals surface area contributed by atoms with Gasteiger partial charge in [0.15, 0.2) is 0 Å². The van der Waals surface area contributed by atoms with Gasteiger partial charge in [0.05, 0.1) is 11.8 Å². The van der Waals surface area contributed by atoms with E-state index in [2.05, 4.69) is 6.92 Å². The lowest BCUT2D eigenvalue weighted by Gasteiger charge is -2.27. The Hall–Kier alpha value is -1.32. The van der Waals surface area contributed by atoms with E-state index in [-0.39, 0.29) is 23.9 Å². The van der Waals surface area contributed by atoms with Gasteiger partial charge in [-0.3, -0.25) is 9.59 Å². The highest BCUT2D eigenvalue weighted by Crippen LogP contribution is 2.52. The summed E-state index contributed by atoms with van der Waals surface area (Å²) in [6.07, 6.45) is 7.76. The van der Waals surface area contributed by atoms with Gasteiger partial charge in [0.2, 0.25) is 0 Å². The minimum Gasteiger partial charge on any atom is -0.481 e. The third-order valence-corrected chi connectivity index (χ3v) is 5.29. The molecule has 0 amide bonds. The molecule has 0 radical (unpaired) electrons. The SMILES string of the molecule is CCCCCC(CC)OC(=O)C1C2CC(C=C2C)C1C(=O)O. The molecule has 2 rings (SSSR count). The number of aliphatic carboxylic acids is 1. The normalized spacial score (nSPS) is 31.0. The van der Waals surface area contributed by atoms with Crippen LogP contribution in [0.15, 0.2) is 11.6 Å². The second-order valence-corrected chi connectivity index (χ2v) is 6.77. The number of unbranched alkanes of at least 4 members (excludes halogenated alkanes) is 2. The number of ether oxygens (including phenoxy) is 1. The number of hydrogen-bond donors (Lipinski definition) is 1. The molecule has 4 heteroatoms. The summed E-state index contributed by atoms with van der Waals surface area (Å²) < 4.78 is 5.68. The molecule has 0 aromatic carbocycles. The maximum absolute atomic E-state index is 12.6. The standard InChI is InChI=1S/C18H28O4/c1-4-6-7-8-13(5-2)22-18(21)16-14-10-12(9-11(14)3)15(16)17(19)20/h9,12-16H,4-8,10H2,1-3H3,(H,19,20). The monoisotopic (exact) mass is 308 g/mol.